The van der Waals surface area contributed by atoms with Gasteiger partial charge in [0.1, 0.15) is 6.04 Å². The number of fused-ring (bicyclic) bond motifs is 1. The van der Waals surface area contributed by atoms with Crippen LogP contribution in [0.3, 0.4) is 0 Å². The van der Waals surface area contributed by atoms with Crippen LogP contribution < -0.4 is 11.1 Å². The number of imide groups is 1. The van der Waals surface area contributed by atoms with Crippen LogP contribution in [0.2, 0.25) is 0 Å². The molecule has 0 spiro atoms. The van der Waals surface area contributed by atoms with Gasteiger partial charge in [0.05, 0.1) is 6.10 Å². The molecule has 0 saturated carbocycles. The van der Waals surface area contributed by atoms with E-state index in [0.717, 1.165) is 50.2 Å². The summed E-state index contributed by atoms with van der Waals surface area (Å²) in [5.74, 6) is -0.777. The smallest absolute Gasteiger partial charge is 0.255 e. The summed E-state index contributed by atoms with van der Waals surface area (Å²) in [6.07, 6.45) is 2.59. The second-order valence-corrected chi connectivity index (χ2v) is 8.00. The largest absolute Gasteiger partial charge is 0.377 e. The molecule has 3 amide bonds. The van der Waals surface area contributed by atoms with Crippen LogP contribution in [0.15, 0.2) is 18.2 Å². The van der Waals surface area contributed by atoms with E-state index in [2.05, 4.69) is 16.3 Å². The summed E-state index contributed by atoms with van der Waals surface area (Å²) in [6.45, 7) is 4.27. The maximum atomic E-state index is 13.0. The van der Waals surface area contributed by atoms with E-state index in [1.165, 1.54) is 0 Å². The van der Waals surface area contributed by atoms with Gasteiger partial charge in [0.2, 0.25) is 11.8 Å². The van der Waals surface area contributed by atoms with Gasteiger partial charge in [0.25, 0.3) is 5.91 Å². The molecule has 0 bridgehead atoms. The molecule has 3 N–H and O–H groups in total. The van der Waals surface area contributed by atoms with E-state index in [-0.39, 0.29) is 30.2 Å². The summed E-state index contributed by atoms with van der Waals surface area (Å²) < 4.78 is 5.88. The molecule has 2 unspecified atom stereocenters. The van der Waals surface area contributed by atoms with Crippen molar-refractivity contribution in [3.05, 3.63) is 34.9 Å². The lowest BCUT2D eigenvalue weighted by molar-refractivity contribution is -0.136. The Balaban J connectivity index is 1.51. The molecule has 3 aliphatic rings. The third-order valence-electron chi connectivity index (χ3n) is 6.00. The zero-order chi connectivity index (χ0) is 20.4. The number of benzene rings is 1. The Morgan fingerprint density at radius 1 is 1.24 bits per heavy atom. The molecule has 29 heavy (non-hydrogen) atoms. The van der Waals surface area contributed by atoms with E-state index in [4.69, 9.17) is 10.5 Å². The lowest BCUT2D eigenvalue weighted by atomic mass is 10.0. The number of hydrogen-bond donors (Lipinski definition) is 2. The molecule has 2 fully saturated rings. The average molecular weight is 400 g/mol. The molecular weight excluding hydrogens is 372 g/mol. The van der Waals surface area contributed by atoms with Crippen molar-refractivity contribution in [1.29, 1.82) is 0 Å². The summed E-state index contributed by atoms with van der Waals surface area (Å²) in [7, 11) is 0. The highest BCUT2D eigenvalue weighted by Gasteiger charge is 2.39. The van der Waals surface area contributed by atoms with E-state index >= 15 is 0 Å². The summed E-state index contributed by atoms with van der Waals surface area (Å²) in [6, 6.07) is 5.21. The fourth-order valence-electron chi connectivity index (χ4n) is 4.51. The average Bonchev–Trinajstić information content (AvgIpc) is 2.87. The van der Waals surface area contributed by atoms with Gasteiger partial charge < -0.3 is 15.4 Å². The SMILES string of the molecule is NCCC1CN(Cc2cccc3c2CN(C2CCC(=O)NC2=O)C3=O)CCCO1. The molecule has 1 aromatic carbocycles. The van der Waals surface area contributed by atoms with Crippen molar-refractivity contribution in [2.24, 2.45) is 5.73 Å². The first-order chi connectivity index (χ1) is 14.1. The van der Waals surface area contributed by atoms with Gasteiger partial charge in [-0.1, -0.05) is 12.1 Å². The first kappa shape index (κ1) is 20.0. The molecule has 2 saturated heterocycles. The Labute approximate surface area is 170 Å². The molecule has 8 heteroatoms. The Morgan fingerprint density at radius 2 is 2.10 bits per heavy atom. The minimum Gasteiger partial charge on any atom is -0.377 e. The number of rotatable bonds is 5. The van der Waals surface area contributed by atoms with Crippen LogP contribution in [-0.4, -0.2) is 65.9 Å². The van der Waals surface area contributed by atoms with Crippen LogP contribution in [0.4, 0.5) is 0 Å². The Morgan fingerprint density at radius 3 is 2.90 bits per heavy atom. The van der Waals surface area contributed by atoms with E-state index in [1.807, 2.05) is 12.1 Å². The molecule has 0 aliphatic carbocycles. The highest BCUT2D eigenvalue weighted by atomic mass is 16.5. The summed E-state index contributed by atoms with van der Waals surface area (Å²) in [5.41, 5.74) is 8.47. The van der Waals surface area contributed by atoms with Crippen molar-refractivity contribution in [2.45, 2.75) is 50.9 Å². The van der Waals surface area contributed by atoms with Crippen LogP contribution in [0.25, 0.3) is 0 Å². The highest BCUT2D eigenvalue weighted by molar-refractivity contribution is 6.05. The number of hydrogen-bond acceptors (Lipinski definition) is 6. The molecule has 2 atom stereocenters. The molecule has 0 radical (unpaired) electrons. The van der Waals surface area contributed by atoms with Crippen molar-refractivity contribution in [3.8, 4) is 0 Å². The van der Waals surface area contributed by atoms with Crippen molar-refractivity contribution >= 4 is 17.7 Å². The second kappa shape index (κ2) is 8.61. The van der Waals surface area contributed by atoms with Crippen LogP contribution >= 0.6 is 0 Å². The minimum absolute atomic E-state index is 0.128. The molecule has 3 heterocycles. The maximum absolute atomic E-state index is 13.0. The lowest BCUT2D eigenvalue weighted by Gasteiger charge is -2.29. The van der Waals surface area contributed by atoms with Gasteiger partial charge in [-0.3, -0.25) is 24.6 Å². The second-order valence-electron chi connectivity index (χ2n) is 8.00. The Bertz CT molecular complexity index is 812. The fraction of sp³-hybridized carbons (Fsp3) is 0.571. The van der Waals surface area contributed by atoms with Gasteiger partial charge in [-0.05, 0) is 43.0 Å². The lowest BCUT2D eigenvalue weighted by Crippen LogP contribution is -2.52. The van der Waals surface area contributed by atoms with Crippen molar-refractivity contribution in [2.75, 3.05) is 26.2 Å². The number of nitrogens with zero attached hydrogens (tertiary/aromatic N) is 2. The van der Waals surface area contributed by atoms with E-state index < -0.39 is 6.04 Å². The molecular formula is C21H28N4O4. The minimum atomic E-state index is -0.582. The summed E-state index contributed by atoms with van der Waals surface area (Å²) in [4.78, 5) is 40.7. The number of nitrogens with one attached hydrogen (secondary N) is 1. The summed E-state index contributed by atoms with van der Waals surface area (Å²) >= 11 is 0. The quantitative estimate of drug-likeness (QED) is 0.693. The fourth-order valence-corrected chi connectivity index (χ4v) is 4.51. The monoisotopic (exact) mass is 400 g/mol. The van der Waals surface area contributed by atoms with Crippen molar-refractivity contribution in [1.82, 2.24) is 15.1 Å². The third-order valence-corrected chi connectivity index (χ3v) is 6.00. The van der Waals surface area contributed by atoms with Crippen LogP contribution in [0.5, 0.6) is 0 Å². The zero-order valence-electron chi connectivity index (χ0n) is 16.6. The number of piperidine rings is 1. The number of amides is 3. The van der Waals surface area contributed by atoms with Crippen LogP contribution in [0.1, 0.15) is 47.2 Å². The Hall–Kier alpha value is -2.29. The molecule has 4 rings (SSSR count). The highest BCUT2D eigenvalue weighted by Crippen LogP contribution is 2.30. The molecule has 156 valence electrons. The van der Waals surface area contributed by atoms with Gasteiger partial charge in [0, 0.05) is 44.8 Å². The molecule has 1 aromatic rings. The topological polar surface area (TPSA) is 105 Å². The van der Waals surface area contributed by atoms with Gasteiger partial charge in [0.15, 0.2) is 0 Å². The van der Waals surface area contributed by atoms with E-state index in [1.54, 1.807) is 4.90 Å². The first-order valence-corrected chi connectivity index (χ1v) is 10.4. The van der Waals surface area contributed by atoms with Crippen LogP contribution in [-0.2, 0) is 27.4 Å². The van der Waals surface area contributed by atoms with Crippen molar-refractivity contribution in [3.63, 3.8) is 0 Å². The standard InChI is InChI=1S/C21H28N4O4/c22-8-7-15-12-24(9-2-10-29-15)11-14-3-1-4-16-17(14)13-25(21(16)28)18-5-6-19(26)23-20(18)27/h1,3-4,15,18H,2,5-13,22H2,(H,23,26,27). The van der Waals surface area contributed by atoms with Gasteiger partial charge in [-0.25, -0.2) is 0 Å². The molecule has 8 nitrogen and oxygen atoms in total. The number of carbonyl (C=O) groups excluding carboxylic acids is 3. The van der Waals surface area contributed by atoms with Gasteiger partial charge >= 0.3 is 0 Å². The predicted octanol–water partition coefficient (Wildman–Crippen LogP) is 0.387. The van der Waals surface area contributed by atoms with Crippen LogP contribution in [0, 0.1) is 0 Å². The molecule has 3 aliphatic heterocycles. The van der Waals surface area contributed by atoms with Crippen molar-refractivity contribution < 1.29 is 19.1 Å². The maximum Gasteiger partial charge on any atom is 0.255 e. The van der Waals surface area contributed by atoms with Gasteiger partial charge in [-0.15, -0.1) is 0 Å². The van der Waals surface area contributed by atoms with E-state index in [0.29, 0.717) is 25.1 Å². The zero-order valence-corrected chi connectivity index (χ0v) is 16.6. The normalized spacial score (nSPS) is 25.7. The van der Waals surface area contributed by atoms with E-state index in [9.17, 15) is 14.4 Å². The number of nitrogens with two attached hydrogens (primary N) is 1. The summed E-state index contributed by atoms with van der Waals surface area (Å²) in [5, 5.41) is 2.35. The third kappa shape index (κ3) is 4.19. The predicted molar refractivity (Wildman–Crippen MR) is 106 cm³/mol. The number of carbonyl (C=O) groups is 3. The molecule has 0 aromatic heterocycles. The number of ether oxygens (including phenoxy) is 1. The van der Waals surface area contributed by atoms with Gasteiger partial charge in [-0.2, -0.15) is 0 Å². The Kier molecular flexibility index (Phi) is 5.94. The first-order valence-electron chi connectivity index (χ1n) is 10.4.